The number of aromatic amines is 1. The van der Waals surface area contributed by atoms with E-state index < -0.39 is 0 Å². The molecule has 78 valence electrons. The van der Waals surface area contributed by atoms with Gasteiger partial charge in [0.2, 0.25) is 0 Å². The molecule has 0 aliphatic carbocycles. The molecule has 15 heavy (non-hydrogen) atoms. The molecule has 5 nitrogen and oxygen atoms in total. The van der Waals surface area contributed by atoms with Gasteiger partial charge in [0, 0.05) is 19.2 Å². The van der Waals surface area contributed by atoms with Crippen molar-refractivity contribution in [2.24, 2.45) is 0 Å². The predicted molar refractivity (Wildman–Crippen MR) is 57.8 cm³/mol. The average Bonchev–Trinajstić information content (AvgIpc) is 2.71. The third kappa shape index (κ3) is 2.92. The van der Waals surface area contributed by atoms with E-state index in [1.165, 1.54) is 6.20 Å². The molecule has 2 aromatic heterocycles. The monoisotopic (exact) mass is 223 g/mol. The highest BCUT2D eigenvalue weighted by molar-refractivity contribution is 6.29. The Morgan fingerprint density at radius 2 is 2.33 bits per heavy atom. The van der Waals surface area contributed by atoms with Crippen molar-refractivity contribution in [3.63, 3.8) is 0 Å². The number of aromatic nitrogens is 4. The lowest BCUT2D eigenvalue weighted by Gasteiger charge is -2.03. The van der Waals surface area contributed by atoms with Crippen molar-refractivity contribution >= 4 is 17.4 Å². The molecular weight excluding hydrogens is 214 g/mol. The number of rotatable bonds is 4. The third-order valence-corrected chi connectivity index (χ3v) is 2.03. The molecule has 0 aliphatic heterocycles. The van der Waals surface area contributed by atoms with Crippen LogP contribution >= 0.6 is 11.6 Å². The molecule has 0 atom stereocenters. The van der Waals surface area contributed by atoms with Crippen molar-refractivity contribution in [1.29, 1.82) is 0 Å². The Bertz CT molecular complexity index is 414. The Morgan fingerprint density at radius 1 is 1.40 bits per heavy atom. The van der Waals surface area contributed by atoms with Gasteiger partial charge in [-0.1, -0.05) is 11.6 Å². The van der Waals surface area contributed by atoms with Crippen LogP contribution in [0.4, 0.5) is 5.82 Å². The summed E-state index contributed by atoms with van der Waals surface area (Å²) < 4.78 is 0. The molecule has 0 bridgehead atoms. The topological polar surface area (TPSA) is 66.5 Å². The number of H-pyrrole nitrogens is 1. The lowest BCUT2D eigenvalue weighted by molar-refractivity contribution is 0.964. The molecule has 2 aromatic rings. The van der Waals surface area contributed by atoms with Crippen molar-refractivity contribution in [2.45, 2.75) is 6.42 Å². The van der Waals surface area contributed by atoms with E-state index in [1.807, 2.05) is 6.20 Å². The van der Waals surface area contributed by atoms with Crippen LogP contribution in [0, 0.1) is 0 Å². The summed E-state index contributed by atoms with van der Waals surface area (Å²) in [7, 11) is 0. The zero-order chi connectivity index (χ0) is 10.5. The van der Waals surface area contributed by atoms with Gasteiger partial charge in [0.05, 0.1) is 24.4 Å². The second kappa shape index (κ2) is 4.75. The van der Waals surface area contributed by atoms with Crippen LogP contribution in [0.25, 0.3) is 0 Å². The highest BCUT2D eigenvalue weighted by Crippen LogP contribution is 2.06. The van der Waals surface area contributed by atoms with E-state index in [-0.39, 0.29) is 0 Å². The molecule has 0 radical (unpaired) electrons. The minimum absolute atomic E-state index is 0.389. The van der Waals surface area contributed by atoms with Crippen molar-refractivity contribution in [3.8, 4) is 0 Å². The van der Waals surface area contributed by atoms with Crippen LogP contribution in [0.15, 0.2) is 24.9 Å². The standard InChI is InChI=1S/C9H10ClN5/c10-8-4-11-5-9(15-8)13-2-1-7-3-12-6-14-7/h3-6H,1-2H2,(H,12,14)(H,13,15). The number of nitrogens with zero attached hydrogens (tertiary/aromatic N) is 3. The predicted octanol–water partition coefficient (Wildman–Crippen LogP) is 1.51. The Morgan fingerprint density at radius 3 is 3.07 bits per heavy atom. The highest BCUT2D eigenvalue weighted by Gasteiger charge is 1.97. The highest BCUT2D eigenvalue weighted by atomic mass is 35.5. The number of imidazole rings is 1. The van der Waals surface area contributed by atoms with E-state index in [4.69, 9.17) is 11.6 Å². The molecule has 0 amide bonds. The first-order valence-corrected chi connectivity index (χ1v) is 4.91. The Labute approximate surface area is 91.9 Å². The van der Waals surface area contributed by atoms with Gasteiger partial charge in [-0.25, -0.2) is 9.97 Å². The van der Waals surface area contributed by atoms with Gasteiger partial charge in [0.1, 0.15) is 11.0 Å². The summed E-state index contributed by atoms with van der Waals surface area (Å²) in [6.07, 6.45) is 7.49. The lowest BCUT2D eigenvalue weighted by atomic mass is 10.3. The summed E-state index contributed by atoms with van der Waals surface area (Å²) in [5.41, 5.74) is 1.01. The summed E-state index contributed by atoms with van der Waals surface area (Å²) >= 11 is 5.69. The molecule has 2 heterocycles. The van der Waals surface area contributed by atoms with Gasteiger partial charge in [0.15, 0.2) is 0 Å². The fourth-order valence-electron chi connectivity index (χ4n) is 1.17. The van der Waals surface area contributed by atoms with Gasteiger partial charge in [-0.2, -0.15) is 0 Å². The van der Waals surface area contributed by atoms with E-state index >= 15 is 0 Å². The van der Waals surface area contributed by atoms with Crippen molar-refractivity contribution in [3.05, 3.63) is 35.8 Å². The van der Waals surface area contributed by atoms with Gasteiger partial charge < -0.3 is 10.3 Å². The number of anilines is 1. The van der Waals surface area contributed by atoms with Gasteiger partial charge in [0.25, 0.3) is 0 Å². The minimum Gasteiger partial charge on any atom is -0.368 e. The zero-order valence-corrected chi connectivity index (χ0v) is 8.70. The average molecular weight is 224 g/mol. The van der Waals surface area contributed by atoms with Crippen molar-refractivity contribution < 1.29 is 0 Å². The Kier molecular flexibility index (Phi) is 3.14. The Balaban J connectivity index is 1.83. The summed E-state index contributed by atoms with van der Waals surface area (Å²) in [6.45, 7) is 0.750. The SMILES string of the molecule is Clc1cncc(NCCc2c[nH]cn2)n1. The van der Waals surface area contributed by atoms with Crippen molar-refractivity contribution in [1.82, 2.24) is 19.9 Å². The molecule has 2 N–H and O–H groups in total. The molecule has 0 unspecified atom stereocenters. The van der Waals surface area contributed by atoms with Crippen LogP contribution in [0.1, 0.15) is 5.69 Å². The van der Waals surface area contributed by atoms with Crippen LogP contribution in [0.5, 0.6) is 0 Å². The molecule has 0 aromatic carbocycles. The van der Waals surface area contributed by atoms with E-state index in [1.54, 1.807) is 12.5 Å². The second-order valence-electron chi connectivity index (χ2n) is 2.96. The smallest absolute Gasteiger partial charge is 0.149 e. The van der Waals surface area contributed by atoms with Gasteiger partial charge in [-0.15, -0.1) is 0 Å². The number of halogens is 1. The molecule has 0 saturated heterocycles. The lowest BCUT2D eigenvalue weighted by Crippen LogP contribution is -2.06. The fourth-order valence-corrected chi connectivity index (χ4v) is 1.32. The van der Waals surface area contributed by atoms with Crippen LogP contribution in [0.2, 0.25) is 5.15 Å². The maximum atomic E-state index is 5.69. The molecule has 0 saturated carbocycles. The van der Waals surface area contributed by atoms with Crippen molar-refractivity contribution in [2.75, 3.05) is 11.9 Å². The summed E-state index contributed by atoms with van der Waals surface area (Å²) in [5.74, 6) is 0.679. The first-order chi connectivity index (χ1) is 7.34. The molecule has 2 rings (SSSR count). The maximum Gasteiger partial charge on any atom is 0.149 e. The largest absolute Gasteiger partial charge is 0.368 e. The van der Waals surface area contributed by atoms with E-state index in [0.717, 1.165) is 18.7 Å². The fraction of sp³-hybridized carbons (Fsp3) is 0.222. The minimum atomic E-state index is 0.389. The third-order valence-electron chi connectivity index (χ3n) is 1.85. The van der Waals surface area contributed by atoms with Crippen LogP contribution < -0.4 is 5.32 Å². The van der Waals surface area contributed by atoms with E-state index in [2.05, 4.69) is 25.3 Å². The van der Waals surface area contributed by atoms with Gasteiger partial charge in [-0.05, 0) is 0 Å². The molecule has 0 spiro atoms. The second-order valence-corrected chi connectivity index (χ2v) is 3.35. The normalized spacial score (nSPS) is 10.2. The summed E-state index contributed by atoms with van der Waals surface area (Å²) in [6, 6.07) is 0. The number of hydrogen-bond acceptors (Lipinski definition) is 4. The first-order valence-electron chi connectivity index (χ1n) is 4.53. The number of hydrogen-bond donors (Lipinski definition) is 2. The maximum absolute atomic E-state index is 5.69. The van der Waals surface area contributed by atoms with Crippen LogP contribution in [-0.4, -0.2) is 26.5 Å². The summed E-state index contributed by atoms with van der Waals surface area (Å²) in [5, 5.41) is 3.50. The Hall–Kier alpha value is -1.62. The van der Waals surface area contributed by atoms with E-state index in [0.29, 0.717) is 11.0 Å². The van der Waals surface area contributed by atoms with Crippen LogP contribution in [0.3, 0.4) is 0 Å². The zero-order valence-electron chi connectivity index (χ0n) is 7.94. The quantitative estimate of drug-likeness (QED) is 0.825. The summed E-state index contributed by atoms with van der Waals surface area (Å²) in [4.78, 5) is 15.0. The molecule has 0 fully saturated rings. The van der Waals surface area contributed by atoms with Gasteiger partial charge in [-0.3, -0.25) is 4.98 Å². The molecule has 0 aliphatic rings. The van der Waals surface area contributed by atoms with Gasteiger partial charge >= 0.3 is 0 Å². The number of nitrogens with one attached hydrogen (secondary N) is 2. The molecular formula is C9H10ClN5. The molecule has 6 heteroatoms. The van der Waals surface area contributed by atoms with E-state index in [9.17, 15) is 0 Å². The van der Waals surface area contributed by atoms with Crippen LogP contribution in [-0.2, 0) is 6.42 Å². The first kappa shape index (κ1) is 9.92.